The normalized spacial score (nSPS) is 21.9. The Balaban J connectivity index is 1.32. The number of fused-ring (bicyclic) bond motifs is 1. The van der Waals surface area contributed by atoms with Gasteiger partial charge < -0.3 is 19.5 Å². The Kier molecular flexibility index (Phi) is 4.63. The molecule has 2 aliphatic heterocycles. The van der Waals surface area contributed by atoms with Crippen LogP contribution in [0.3, 0.4) is 0 Å². The fourth-order valence-electron chi connectivity index (χ4n) is 3.73. The third-order valence-corrected chi connectivity index (χ3v) is 5.38. The Labute approximate surface area is 147 Å². The van der Waals surface area contributed by atoms with Gasteiger partial charge in [-0.15, -0.1) is 0 Å². The summed E-state index contributed by atoms with van der Waals surface area (Å²) >= 11 is 0. The standard InChI is InChI=1S/C19H24N2O4/c22-18(5-3-15-2-4-16-17(12-15)25-14-24-16)20-13-19(6-1-7-19)21-8-10-23-11-9-21/h2-5,12H,1,6-11,13-14H2,(H,20,22)/b5-3+. The lowest BCUT2D eigenvalue weighted by Gasteiger charge is -2.51. The van der Waals surface area contributed by atoms with Crippen LogP contribution in [0.25, 0.3) is 6.08 Å². The number of carbonyl (C=O) groups is 1. The van der Waals surface area contributed by atoms with Crippen LogP contribution in [0.15, 0.2) is 24.3 Å². The summed E-state index contributed by atoms with van der Waals surface area (Å²) in [7, 11) is 0. The molecular formula is C19H24N2O4. The van der Waals surface area contributed by atoms with Gasteiger partial charge in [0.15, 0.2) is 11.5 Å². The number of morpholine rings is 1. The largest absolute Gasteiger partial charge is 0.454 e. The van der Waals surface area contributed by atoms with Crippen LogP contribution in [0.5, 0.6) is 11.5 Å². The number of rotatable bonds is 5. The average Bonchev–Trinajstić information content (AvgIpc) is 3.08. The van der Waals surface area contributed by atoms with Crippen LogP contribution in [-0.2, 0) is 9.53 Å². The Bertz CT molecular complexity index is 663. The van der Waals surface area contributed by atoms with Gasteiger partial charge >= 0.3 is 0 Å². The maximum Gasteiger partial charge on any atom is 0.244 e. The number of benzene rings is 1. The highest BCUT2D eigenvalue weighted by molar-refractivity contribution is 5.91. The summed E-state index contributed by atoms with van der Waals surface area (Å²) in [5.74, 6) is 1.42. The predicted octanol–water partition coefficient (Wildman–Crippen LogP) is 1.80. The molecule has 1 saturated heterocycles. The molecule has 0 unspecified atom stereocenters. The second kappa shape index (κ2) is 7.06. The molecule has 6 heteroatoms. The number of nitrogens with zero attached hydrogens (tertiary/aromatic N) is 1. The van der Waals surface area contributed by atoms with Crippen molar-refractivity contribution in [3.63, 3.8) is 0 Å². The first-order chi connectivity index (χ1) is 12.3. The summed E-state index contributed by atoms with van der Waals surface area (Å²) < 4.78 is 16.1. The monoisotopic (exact) mass is 344 g/mol. The van der Waals surface area contributed by atoms with E-state index in [2.05, 4.69) is 10.2 Å². The van der Waals surface area contributed by atoms with E-state index in [0.717, 1.165) is 56.2 Å². The number of nitrogens with one attached hydrogen (secondary N) is 1. The fourth-order valence-corrected chi connectivity index (χ4v) is 3.73. The molecule has 6 nitrogen and oxygen atoms in total. The van der Waals surface area contributed by atoms with Crippen LogP contribution in [0.1, 0.15) is 24.8 Å². The Morgan fingerprint density at radius 1 is 1.20 bits per heavy atom. The maximum atomic E-state index is 12.2. The molecule has 0 radical (unpaired) electrons. The van der Waals surface area contributed by atoms with Crippen LogP contribution >= 0.6 is 0 Å². The molecule has 3 aliphatic rings. The zero-order chi connectivity index (χ0) is 17.1. The van der Waals surface area contributed by atoms with Crippen molar-refractivity contribution in [3.8, 4) is 11.5 Å². The molecule has 134 valence electrons. The molecule has 25 heavy (non-hydrogen) atoms. The second-order valence-electron chi connectivity index (χ2n) is 6.84. The SMILES string of the molecule is O=C(/C=C/c1ccc2c(c1)OCO2)NCC1(N2CCOCC2)CCC1. The van der Waals surface area contributed by atoms with Gasteiger partial charge in [-0.25, -0.2) is 0 Å². The number of amides is 1. The highest BCUT2D eigenvalue weighted by Crippen LogP contribution is 2.37. The summed E-state index contributed by atoms with van der Waals surface area (Å²) in [5.41, 5.74) is 1.05. The van der Waals surface area contributed by atoms with Crippen molar-refractivity contribution in [2.45, 2.75) is 24.8 Å². The van der Waals surface area contributed by atoms with Gasteiger partial charge in [-0.05, 0) is 43.0 Å². The molecule has 1 N–H and O–H groups in total. The summed E-state index contributed by atoms with van der Waals surface area (Å²) in [4.78, 5) is 14.7. The van der Waals surface area contributed by atoms with E-state index in [9.17, 15) is 4.79 Å². The van der Waals surface area contributed by atoms with Gasteiger partial charge in [0.1, 0.15) is 0 Å². The average molecular weight is 344 g/mol. The van der Waals surface area contributed by atoms with Gasteiger partial charge in [0.2, 0.25) is 12.7 Å². The van der Waals surface area contributed by atoms with E-state index in [0.29, 0.717) is 6.54 Å². The minimum Gasteiger partial charge on any atom is -0.454 e. The molecular weight excluding hydrogens is 320 g/mol. The maximum absolute atomic E-state index is 12.2. The van der Waals surface area contributed by atoms with E-state index in [1.54, 1.807) is 12.2 Å². The highest BCUT2D eigenvalue weighted by atomic mass is 16.7. The molecule has 2 fully saturated rings. The second-order valence-corrected chi connectivity index (χ2v) is 6.84. The van der Waals surface area contributed by atoms with Gasteiger partial charge in [-0.2, -0.15) is 0 Å². The van der Waals surface area contributed by atoms with Crippen LogP contribution in [0.4, 0.5) is 0 Å². The molecule has 2 heterocycles. The van der Waals surface area contributed by atoms with Gasteiger partial charge in [0.25, 0.3) is 0 Å². The van der Waals surface area contributed by atoms with E-state index < -0.39 is 0 Å². The van der Waals surface area contributed by atoms with Gasteiger partial charge in [-0.3, -0.25) is 9.69 Å². The lowest BCUT2D eigenvalue weighted by Crippen LogP contribution is -2.62. The van der Waals surface area contributed by atoms with Crippen LogP contribution in [0.2, 0.25) is 0 Å². The molecule has 0 bridgehead atoms. The smallest absolute Gasteiger partial charge is 0.244 e. The fraction of sp³-hybridized carbons (Fsp3) is 0.526. The number of hydrogen-bond donors (Lipinski definition) is 1. The van der Waals surface area contributed by atoms with Gasteiger partial charge in [0.05, 0.1) is 13.2 Å². The Morgan fingerprint density at radius 2 is 2.00 bits per heavy atom. The number of ether oxygens (including phenoxy) is 3. The minimum absolute atomic E-state index is 0.0581. The summed E-state index contributed by atoms with van der Waals surface area (Å²) in [6.07, 6.45) is 6.93. The molecule has 1 aromatic rings. The lowest BCUT2D eigenvalue weighted by atomic mass is 9.75. The first kappa shape index (κ1) is 16.4. The molecule has 1 aliphatic carbocycles. The Hall–Kier alpha value is -2.05. The van der Waals surface area contributed by atoms with Gasteiger partial charge in [0, 0.05) is 31.2 Å². The quantitative estimate of drug-likeness (QED) is 0.826. The van der Waals surface area contributed by atoms with Crippen molar-refractivity contribution in [1.82, 2.24) is 10.2 Å². The van der Waals surface area contributed by atoms with Crippen LogP contribution in [0, 0.1) is 0 Å². The molecule has 0 spiro atoms. The third kappa shape index (κ3) is 3.50. The summed E-state index contributed by atoms with van der Waals surface area (Å²) in [6.45, 7) is 4.47. The highest BCUT2D eigenvalue weighted by Gasteiger charge is 2.42. The first-order valence-corrected chi connectivity index (χ1v) is 8.94. The molecule has 4 rings (SSSR count). The van der Waals surface area contributed by atoms with Crippen molar-refractivity contribution in [3.05, 3.63) is 29.8 Å². The molecule has 0 aromatic heterocycles. The third-order valence-electron chi connectivity index (χ3n) is 5.38. The number of carbonyl (C=O) groups excluding carboxylic acids is 1. The van der Waals surface area contributed by atoms with Crippen molar-refractivity contribution in [2.75, 3.05) is 39.6 Å². The zero-order valence-corrected chi connectivity index (χ0v) is 14.3. The predicted molar refractivity (Wildman–Crippen MR) is 93.6 cm³/mol. The number of hydrogen-bond acceptors (Lipinski definition) is 5. The van der Waals surface area contributed by atoms with Crippen LogP contribution in [-0.4, -0.2) is 56.0 Å². The molecule has 1 saturated carbocycles. The van der Waals surface area contributed by atoms with Crippen molar-refractivity contribution < 1.29 is 19.0 Å². The van der Waals surface area contributed by atoms with Gasteiger partial charge in [-0.1, -0.05) is 6.07 Å². The first-order valence-electron chi connectivity index (χ1n) is 8.94. The minimum atomic E-state index is -0.0581. The lowest BCUT2D eigenvalue weighted by molar-refractivity contribution is -0.118. The van der Waals surface area contributed by atoms with E-state index >= 15 is 0 Å². The van der Waals surface area contributed by atoms with Crippen molar-refractivity contribution in [2.24, 2.45) is 0 Å². The van der Waals surface area contributed by atoms with E-state index in [1.807, 2.05) is 18.2 Å². The van der Waals surface area contributed by atoms with Crippen molar-refractivity contribution in [1.29, 1.82) is 0 Å². The Morgan fingerprint density at radius 3 is 2.76 bits per heavy atom. The molecule has 1 aromatic carbocycles. The zero-order valence-electron chi connectivity index (χ0n) is 14.3. The molecule has 0 atom stereocenters. The van der Waals surface area contributed by atoms with Crippen molar-refractivity contribution >= 4 is 12.0 Å². The topological polar surface area (TPSA) is 60.0 Å². The molecule has 1 amide bonds. The van der Waals surface area contributed by atoms with E-state index in [1.165, 1.54) is 6.42 Å². The summed E-state index contributed by atoms with van der Waals surface area (Å²) in [5, 5.41) is 3.08. The van der Waals surface area contributed by atoms with Crippen LogP contribution < -0.4 is 14.8 Å². The van der Waals surface area contributed by atoms with E-state index in [4.69, 9.17) is 14.2 Å². The van der Waals surface area contributed by atoms with E-state index in [-0.39, 0.29) is 18.2 Å². The summed E-state index contributed by atoms with van der Waals surface area (Å²) in [6, 6.07) is 5.66.